The molecule has 0 fully saturated rings. The molecule has 1 atom stereocenters. The molecular formula is C28H28Zr. The van der Waals surface area contributed by atoms with Crippen LogP contribution in [0.5, 0.6) is 0 Å². The van der Waals surface area contributed by atoms with Crippen molar-refractivity contribution >= 4 is 12.5 Å². The van der Waals surface area contributed by atoms with Crippen molar-refractivity contribution < 1.29 is 19.3 Å². The van der Waals surface area contributed by atoms with Crippen LogP contribution in [0.4, 0.5) is 0 Å². The van der Waals surface area contributed by atoms with E-state index in [-0.39, 0.29) is 0 Å². The molecule has 1 heteroatoms. The predicted molar refractivity (Wildman–Crippen MR) is 125 cm³/mol. The van der Waals surface area contributed by atoms with Gasteiger partial charge in [0.2, 0.25) is 0 Å². The van der Waals surface area contributed by atoms with Crippen LogP contribution in [0.1, 0.15) is 57.2 Å². The van der Waals surface area contributed by atoms with Gasteiger partial charge >= 0.3 is 179 Å². The van der Waals surface area contributed by atoms with E-state index >= 15 is 0 Å². The maximum atomic E-state index is 2.55. The molecule has 0 heterocycles. The number of allylic oxidation sites excluding steroid dienone is 1. The average molecular weight is 456 g/mol. The van der Waals surface area contributed by atoms with E-state index < -0.39 is 19.3 Å². The molecular weight excluding hydrogens is 428 g/mol. The Balaban J connectivity index is 1.91. The van der Waals surface area contributed by atoms with E-state index in [1.165, 1.54) is 16.7 Å². The summed E-state index contributed by atoms with van der Waals surface area (Å²) < 4.78 is 4.48. The second kappa shape index (κ2) is 7.07. The van der Waals surface area contributed by atoms with E-state index in [4.69, 9.17) is 0 Å². The summed E-state index contributed by atoms with van der Waals surface area (Å²) in [4.78, 5) is 0. The van der Waals surface area contributed by atoms with Crippen molar-refractivity contribution in [3.8, 4) is 11.1 Å². The molecule has 0 bridgehead atoms. The Bertz CT molecular complexity index is 1210. The molecule has 2 aliphatic carbocycles. The van der Waals surface area contributed by atoms with E-state index in [9.17, 15) is 0 Å². The van der Waals surface area contributed by atoms with Crippen molar-refractivity contribution in [2.75, 3.05) is 0 Å². The number of rotatable bonds is 2. The summed E-state index contributed by atoms with van der Waals surface area (Å²) in [5.41, 5.74) is 8.99. The molecule has 2 aliphatic rings. The van der Waals surface area contributed by atoms with Crippen molar-refractivity contribution in [2.24, 2.45) is 0 Å². The number of hydrogen-bond donors (Lipinski definition) is 0. The molecule has 0 spiro atoms. The molecule has 0 saturated carbocycles. The first-order chi connectivity index (χ1) is 14.1. The summed E-state index contributed by atoms with van der Waals surface area (Å²) in [5.74, 6) is 0. The zero-order valence-corrected chi connectivity index (χ0v) is 20.2. The normalized spacial score (nSPS) is 16.5. The molecule has 0 radical (unpaired) electrons. The van der Waals surface area contributed by atoms with Crippen LogP contribution >= 0.6 is 0 Å². The van der Waals surface area contributed by atoms with Gasteiger partial charge in [-0.25, -0.2) is 0 Å². The van der Waals surface area contributed by atoms with Crippen LogP contribution in [0.25, 0.3) is 17.2 Å². The zero-order chi connectivity index (χ0) is 20.2. The summed E-state index contributed by atoms with van der Waals surface area (Å²) in [6.45, 7) is 9.73. The summed E-state index contributed by atoms with van der Waals surface area (Å²) in [6, 6.07) is 27.4. The van der Waals surface area contributed by atoms with E-state index in [0.717, 1.165) is 0 Å². The van der Waals surface area contributed by atoms with Crippen molar-refractivity contribution in [2.45, 2.75) is 34.9 Å². The first kappa shape index (κ1) is 19.0. The molecule has 3 aromatic rings. The molecule has 29 heavy (non-hydrogen) atoms. The van der Waals surface area contributed by atoms with E-state index in [0.29, 0.717) is 7.25 Å². The standard InChI is InChI=1S/C13H9.C9H7.2C3H6.Zr/c1-3-7-12-10(5-1)9-11-6-2-4-8-13(11)12;1-2-5-9-7-3-6-8(9)4-1;2*1-3-2;/h1-9H;1-7H;2*1-2H3;. The predicted octanol–water partition coefficient (Wildman–Crippen LogP) is 7.10. The van der Waals surface area contributed by atoms with Gasteiger partial charge in [-0.2, -0.15) is 0 Å². The topological polar surface area (TPSA) is 0 Å². The maximum absolute atomic E-state index is 3.13. The zero-order valence-electron chi connectivity index (χ0n) is 17.7. The fraction of sp³-hybridized carbons (Fsp3) is 0.214. The van der Waals surface area contributed by atoms with E-state index in [1.54, 1.807) is 23.1 Å². The SMILES string of the molecule is C[C](C)=[Zr](=[C](C)C)([CH]1C=Cc2ccccc21)[CH]1c2ccccc2-c2ccccc21. The number of hydrogen-bond acceptors (Lipinski definition) is 0. The van der Waals surface area contributed by atoms with Crippen LogP contribution in [0.15, 0.2) is 78.9 Å². The Morgan fingerprint density at radius 1 is 0.621 bits per heavy atom. The molecule has 0 amide bonds. The second-order valence-corrected chi connectivity index (χ2v) is 21.1. The van der Waals surface area contributed by atoms with Crippen LogP contribution in [0.2, 0.25) is 0 Å². The molecule has 5 rings (SSSR count). The van der Waals surface area contributed by atoms with Crippen LogP contribution in [-0.2, 0) is 19.3 Å². The summed E-state index contributed by atoms with van der Waals surface area (Å²) in [5, 5.41) is 0. The van der Waals surface area contributed by atoms with Gasteiger partial charge in [-0.05, 0) is 0 Å². The molecule has 144 valence electrons. The van der Waals surface area contributed by atoms with Crippen molar-refractivity contribution in [3.63, 3.8) is 0 Å². The van der Waals surface area contributed by atoms with E-state index in [1.807, 2.05) is 0 Å². The first-order valence-corrected chi connectivity index (χ1v) is 15.9. The van der Waals surface area contributed by atoms with Gasteiger partial charge in [0, 0.05) is 0 Å². The van der Waals surface area contributed by atoms with Gasteiger partial charge in [-0.3, -0.25) is 0 Å². The molecule has 0 aliphatic heterocycles. The average Bonchev–Trinajstić information content (AvgIpc) is 3.29. The third kappa shape index (κ3) is 2.60. The summed E-state index contributed by atoms with van der Waals surface area (Å²) in [7, 11) is 0. The third-order valence-electron chi connectivity index (χ3n) is 7.23. The Hall–Kier alpha value is -1.98. The van der Waals surface area contributed by atoms with Crippen molar-refractivity contribution in [3.05, 3.63) is 101 Å². The van der Waals surface area contributed by atoms with Crippen LogP contribution in [0.3, 0.4) is 0 Å². The second-order valence-electron chi connectivity index (χ2n) is 8.94. The van der Waals surface area contributed by atoms with Gasteiger partial charge < -0.3 is 0 Å². The Morgan fingerprint density at radius 3 is 1.66 bits per heavy atom. The third-order valence-corrected chi connectivity index (χ3v) is 22.8. The first-order valence-electron chi connectivity index (χ1n) is 10.6. The number of benzene rings is 3. The van der Waals surface area contributed by atoms with Gasteiger partial charge in [0.15, 0.2) is 0 Å². The Morgan fingerprint density at radius 2 is 1.10 bits per heavy atom. The van der Waals surface area contributed by atoms with Crippen LogP contribution in [-0.4, -0.2) is 6.41 Å². The van der Waals surface area contributed by atoms with E-state index in [2.05, 4.69) is 113 Å². The Labute approximate surface area is 178 Å². The fourth-order valence-corrected chi connectivity index (χ4v) is 21.9. The van der Waals surface area contributed by atoms with Gasteiger partial charge in [0.25, 0.3) is 0 Å². The molecule has 3 aromatic carbocycles. The number of fused-ring (bicyclic) bond motifs is 4. The van der Waals surface area contributed by atoms with Gasteiger partial charge in [0.05, 0.1) is 0 Å². The molecule has 0 N–H and O–H groups in total. The summed E-state index contributed by atoms with van der Waals surface area (Å²) in [6.07, 6.45) is 4.93. The van der Waals surface area contributed by atoms with Gasteiger partial charge in [0.1, 0.15) is 0 Å². The minimum absolute atomic E-state index is 0.535. The molecule has 1 unspecified atom stereocenters. The molecule has 0 nitrogen and oxygen atoms in total. The molecule has 0 aromatic heterocycles. The van der Waals surface area contributed by atoms with Gasteiger partial charge in [-0.15, -0.1) is 0 Å². The Kier molecular flexibility index (Phi) is 4.63. The van der Waals surface area contributed by atoms with Crippen molar-refractivity contribution in [1.82, 2.24) is 0 Å². The monoisotopic (exact) mass is 454 g/mol. The quantitative estimate of drug-likeness (QED) is 0.386. The van der Waals surface area contributed by atoms with Crippen LogP contribution < -0.4 is 0 Å². The van der Waals surface area contributed by atoms with Crippen LogP contribution in [0, 0.1) is 0 Å². The summed E-state index contributed by atoms with van der Waals surface area (Å²) >= 11 is -3.13. The van der Waals surface area contributed by atoms with Crippen molar-refractivity contribution in [1.29, 1.82) is 0 Å². The minimum atomic E-state index is -3.13. The molecule has 0 saturated heterocycles. The van der Waals surface area contributed by atoms with Gasteiger partial charge in [-0.1, -0.05) is 0 Å². The fourth-order valence-electron chi connectivity index (χ4n) is 6.17.